The third-order valence-electron chi connectivity index (χ3n) is 6.09. The molecule has 0 aliphatic heterocycles. The van der Waals surface area contributed by atoms with Crippen molar-refractivity contribution in [1.82, 2.24) is 0 Å². The van der Waals surface area contributed by atoms with Crippen LogP contribution in [0.25, 0.3) is 64.6 Å². The van der Waals surface area contributed by atoms with Crippen molar-refractivity contribution in [2.24, 2.45) is 0 Å². The van der Waals surface area contributed by atoms with Crippen LogP contribution in [-0.2, 0) is 0 Å². The van der Waals surface area contributed by atoms with Gasteiger partial charge in [-0.15, -0.1) is 0 Å². The molecule has 0 spiro atoms. The lowest BCUT2D eigenvalue weighted by Crippen LogP contribution is -1.90. The molecule has 0 amide bonds. The van der Waals surface area contributed by atoms with E-state index in [1.165, 1.54) is 64.6 Å². The number of hydrogen-bond donors (Lipinski definition) is 0. The molecule has 0 saturated carbocycles. The highest BCUT2D eigenvalue weighted by molar-refractivity contribution is 6.41. The Morgan fingerprint density at radius 1 is 0.308 bits per heavy atom. The van der Waals surface area contributed by atoms with Gasteiger partial charge in [0, 0.05) is 0 Å². The van der Waals surface area contributed by atoms with E-state index in [-0.39, 0.29) is 0 Å². The van der Waals surface area contributed by atoms with Crippen molar-refractivity contribution in [2.45, 2.75) is 0 Å². The molecular weight excluding hydrogens is 312 g/mol. The van der Waals surface area contributed by atoms with Crippen LogP contribution >= 0.6 is 0 Å². The molecule has 26 heavy (non-hydrogen) atoms. The first-order valence-electron chi connectivity index (χ1n) is 9.13. The van der Waals surface area contributed by atoms with Crippen LogP contribution in [0.5, 0.6) is 0 Å². The van der Waals surface area contributed by atoms with E-state index in [0.717, 1.165) is 0 Å². The summed E-state index contributed by atoms with van der Waals surface area (Å²) in [6.07, 6.45) is 0. The van der Waals surface area contributed by atoms with Crippen LogP contribution < -0.4 is 0 Å². The summed E-state index contributed by atoms with van der Waals surface area (Å²) in [5, 5.41) is 16.5. The molecule has 0 heteroatoms. The summed E-state index contributed by atoms with van der Waals surface area (Å²) in [5.74, 6) is 0. The molecule has 7 rings (SSSR count). The minimum absolute atomic E-state index is 1.33. The summed E-state index contributed by atoms with van der Waals surface area (Å²) in [4.78, 5) is 0. The average Bonchev–Trinajstić information content (AvgIpc) is 2.70. The maximum absolute atomic E-state index is 2.40. The van der Waals surface area contributed by atoms with Crippen LogP contribution in [-0.4, -0.2) is 0 Å². The lowest BCUT2D eigenvalue weighted by atomic mass is 9.84. The zero-order chi connectivity index (χ0) is 16.8. The quantitative estimate of drug-likeness (QED) is 0.200. The molecule has 7 aromatic rings. The van der Waals surface area contributed by atoms with Crippen molar-refractivity contribution in [3.8, 4) is 0 Å². The van der Waals surface area contributed by atoms with Gasteiger partial charge in [0.05, 0.1) is 0 Å². The molecule has 0 fully saturated rings. The minimum Gasteiger partial charge on any atom is -0.0616 e. The normalized spacial score (nSPS) is 12.6. The Morgan fingerprint density at radius 3 is 1.81 bits per heavy atom. The number of rotatable bonds is 0. The molecular formula is C26H14. The Bertz CT molecular complexity index is 1620. The van der Waals surface area contributed by atoms with Gasteiger partial charge in [0.15, 0.2) is 0 Å². The monoisotopic (exact) mass is 326 g/mol. The van der Waals surface area contributed by atoms with E-state index in [9.17, 15) is 0 Å². The van der Waals surface area contributed by atoms with Crippen molar-refractivity contribution in [1.29, 1.82) is 0 Å². The van der Waals surface area contributed by atoms with E-state index in [4.69, 9.17) is 0 Å². The molecule has 7 aromatic carbocycles. The molecule has 0 aliphatic rings. The Hall–Kier alpha value is -3.38. The summed E-state index contributed by atoms with van der Waals surface area (Å²) < 4.78 is 0. The highest BCUT2D eigenvalue weighted by atomic mass is 14.2. The Morgan fingerprint density at radius 2 is 0.923 bits per heavy atom. The van der Waals surface area contributed by atoms with Gasteiger partial charge < -0.3 is 0 Å². The standard InChI is InChI=1S/C26H14/c1-2-9-20-19(8-1)21-10-4-7-16-13-18-12-11-15-5-3-6-17-14-22(20)26(24(16)21)25(18)23(15)17/h1-14H. The SMILES string of the molecule is c1cc2ccc3cc4cccc5c6ccccc6c6cc(c1)c2c3c6c45. The van der Waals surface area contributed by atoms with Crippen LogP contribution in [0, 0.1) is 0 Å². The third-order valence-corrected chi connectivity index (χ3v) is 6.09. The predicted octanol–water partition coefficient (Wildman–Crippen LogP) is 7.48. The van der Waals surface area contributed by atoms with E-state index in [2.05, 4.69) is 84.9 Å². The molecule has 0 atom stereocenters. The van der Waals surface area contributed by atoms with Crippen LogP contribution in [0.15, 0.2) is 84.9 Å². The van der Waals surface area contributed by atoms with E-state index in [1.54, 1.807) is 0 Å². The molecule has 0 heterocycles. The van der Waals surface area contributed by atoms with Crippen molar-refractivity contribution in [3.63, 3.8) is 0 Å². The Labute approximate surface area is 149 Å². The molecule has 0 aliphatic carbocycles. The maximum Gasteiger partial charge on any atom is -0.000764 e. The average molecular weight is 326 g/mol. The maximum atomic E-state index is 2.40. The van der Waals surface area contributed by atoms with E-state index >= 15 is 0 Å². The van der Waals surface area contributed by atoms with Crippen LogP contribution in [0.2, 0.25) is 0 Å². The van der Waals surface area contributed by atoms with Gasteiger partial charge in [-0.25, -0.2) is 0 Å². The second-order valence-corrected chi connectivity index (χ2v) is 7.37. The second kappa shape index (κ2) is 4.23. The van der Waals surface area contributed by atoms with Crippen LogP contribution in [0.3, 0.4) is 0 Å². The Kier molecular flexibility index (Phi) is 2.10. The predicted molar refractivity (Wildman–Crippen MR) is 114 cm³/mol. The smallest absolute Gasteiger partial charge is 0.000764 e. The molecule has 0 bridgehead atoms. The third kappa shape index (κ3) is 1.35. The number of hydrogen-bond acceptors (Lipinski definition) is 0. The molecule has 0 unspecified atom stereocenters. The van der Waals surface area contributed by atoms with Gasteiger partial charge in [0.25, 0.3) is 0 Å². The summed E-state index contributed by atoms with van der Waals surface area (Å²) in [6.45, 7) is 0. The highest BCUT2D eigenvalue weighted by Crippen LogP contribution is 2.46. The fourth-order valence-electron chi connectivity index (χ4n) is 5.08. The van der Waals surface area contributed by atoms with Crippen molar-refractivity contribution in [3.05, 3.63) is 84.9 Å². The van der Waals surface area contributed by atoms with Gasteiger partial charge in [0.2, 0.25) is 0 Å². The van der Waals surface area contributed by atoms with Gasteiger partial charge in [-0.3, -0.25) is 0 Å². The van der Waals surface area contributed by atoms with E-state index < -0.39 is 0 Å². The van der Waals surface area contributed by atoms with Gasteiger partial charge >= 0.3 is 0 Å². The van der Waals surface area contributed by atoms with Gasteiger partial charge in [-0.05, 0) is 76.8 Å². The fourth-order valence-corrected chi connectivity index (χ4v) is 5.08. The summed E-state index contributed by atoms with van der Waals surface area (Å²) in [5.41, 5.74) is 0. The molecule has 0 saturated heterocycles. The minimum atomic E-state index is 1.33. The lowest BCUT2D eigenvalue weighted by molar-refractivity contribution is 1.79. The number of benzene rings is 7. The van der Waals surface area contributed by atoms with Crippen LogP contribution in [0.1, 0.15) is 0 Å². The van der Waals surface area contributed by atoms with Crippen molar-refractivity contribution in [2.75, 3.05) is 0 Å². The lowest BCUT2D eigenvalue weighted by Gasteiger charge is -2.19. The first-order valence-corrected chi connectivity index (χ1v) is 9.13. The summed E-state index contributed by atoms with van der Waals surface area (Å²) in [6, 6.07) is 31.5. The topological polar surface area (TPSA) is 0 Å². The zero-order valence-corrected chi connectivity index (χ0v) is 14.1. The first-order chi connectivity index (χ1) is 12.9. The van der Waals surface area contributed by atoms with Crippen molar-refractivity contribution < 1.29 is 0 Å². The summed E-state index contributed by atoms with van der Waals surface area (Å²) >= 11 is 0. The van der Waals surface area contributed by atoms with E-state index in [1.807, 2.05) is 0 Å². The molecule has 0 radical (unpaired) electrons. The molecule has 0 nitrogen and oxygen atoms in total. The van der Waals surface area contributed by atoms with Gasteiger partial charge in [-0.1, -0.05) is 72.8 Å². The van der Waals surface area contributed by atoms with Crippen molar-refractivity contribution >= 4 is 64.6 Å². The molecule has 0 aromatic heterocycles. The zero-order valence-electron chi connectivity index (χ0n) is 14.1. The largest absolute Gasteiger partial charge is 0.0616 e. The molecule has 118 valence electrons. The van der Waals surface area contributed by atoms with Gasteiger partial charge in [-0.2, -0.15) is 0 Å². The first kappa shape index (κ1) is 12.9. The van der Waals surface area contributed by atoms with E-state index in [0.29, 0.717) is 0 Å². The fraction of sp³-hybridized carbons (Fsp3) is 0. The highest BCUT2D eigenvalue weighted by Gasteiger charge is 2.17. The second-order valence-electron chi connectivity index (χ2n) is 7.37. The number of fused-ring (bicyclic) bond motifs is 3. The molecule has 0 N–H and O–H groups in total. The summed E-state index contributed by atoms with van der Waals surface area (Å²) in [7, 11) is 0. The van der Waals surface area contributed by atoms with Gasteiger partial charge in [0.1, 0.15) is 0 Å². The van der Waals surface area contributed by atoms with Crippen LogP contribution in [0.4, 0.5) is 0 Å². The Balaban J connectivity index is 2.02.